The maximum absolute atomic E-state index is 6.12. The maximum Gasteiger partial charge on any atom is 0.122 e. The molecule has 0 bridgehead atoms. The van der Waals surface area contributed by atoms with Gasteiger partial charge in [0, 0.05) is 5.69 Å². The largest absolute Gasteiger partial charge is 0.493 e. The van der Waals surface area contributed by atoms with Crippen molar-refractivity contribution in [2.45, 2.75) is 40.2 Å². The minimum Gasteiger partial charge on any atom is -0.493 e. The van der Waals surface area contributed by atoms with Gasteiger partial charge in [-0.15, -0.1) is 0 Å². The molecule has 0 amide bonds. The fraction of sp³-hybridized carbons (Fsp3) is 0.429. The normalized spacial score (nSPS) is 12.0. The van der Waals surface area contributed by atoms with Crippen molar-refractivity contribution in [2.24, 2.45) is 5.92 Å². The van der Waals surface area contributed by atoms with Crippen LogP contribution in [0.25, 0.3) is 0 Å². The summed E-state index contributed by atoms with van der Waals surface area (Å²) in [4.78, 5) is 0. The monoisotopic (exact) mass is 327 g/mol. The molecule has 2 rings (SSSR count). The van der Waals surface area contributed by atoms with E-state index in [1.54, 1.807) is 0 Å². The zero-order chi connectivity index (χ0) is 17.4. The Morgan fingerprint density at radius 3 is 2.33 bits per heavy atom. The molecule has 0 saturated carbocycles. The van der Waals surface area contributed by atoms with Gasteiger partial charge in [0.15, 0.2) is 0 Å². The van der Waals surface area contributed by atoms with Gasteiger partial charge in [-0.25, -0.2) is 0 Å². The standard InChI is InChI=1S/C21H29NO2/c1-5-19(24-21-9-7-6-8-17(21)4)14-22-18-10-12-20(13-11-18)23-15-16(2)3/h6-13,16,19,22H,5,14-15H2,1-4H3. The Bertz CT molecular complexity index is 607. The highest BCUT2D eigenvalue weighted by Gasteiger charge is 2.09. The number of ether oxygens (including phenoxy) is 2. The van der Waals surface area contributed by atoms with Crippen LogP contribution < -0.4 is 14.8 Å². The molecule has 1 N–H and O–H groups in total. The van der Waals surface area contributed by atoms with Crippen molar-refractivity contribution in [3.63, 3.8) is 0 Å². The fourth-order valence-corrected chi connectivity index (χ4v) is 2.30. The van der Waals surface area contributed by atoms with Gasteiger partial charge in [-0.1, -0.05) is 39.0 Å². The first-order valence-electron chi connectivity index (χ1n) is 8.77. The summed E-state index contributed by atoms with van der Waals surface area (Å²) in [5, 5.41) is 3.45. The van der Waals surface area contributed by atoms with Gasteiger partial charge in [-0.3, -0.25) is 0 Å². The van der Waals surface area contributed by atoms with E-state index in [4.69, 9.17) is 9.47 Å². The van der Waals surface area contributed by atoms with E-state index in [0.717, 1.165) is 36.8 Å². The second-order valence-corrected chi connectivity index (χ2v) is 6.52. The highest BCUT2D eigenvalue weighted by atomic mass is 16.5. The molecule has 0 fully saturated rings. The van der Waals surface area contributed by atoms with Crippen LogP contribution in [0.3, 0.4) is 0 Å². The molecule has 0 saturated heterocycles. The Morgan fingerprint density at radius 1 is 1.00 bits per heavy atom. The second kappa shape index (κ2) is 9.21. The molecule has 1 unspecified atom stereocenters. The van der Waals surface area contributed by atoms with Crippen LogP contribution in [0.1, 0.15) is 32.8 Å². The molecule has 24 heavy (non-hydrogen) atoms. The Labute approximate surface area is 146 Å². The summed E-state index contributed by atoms with van der Waals surface area (Å²) >= 11 is 0. The molecule has 2 aromatic carbocycles. The van der Waals surface area contributed by atoms with Gasteiger partial charge >= 0.3 is 0 Å². The van der Waals surface area contributed by atoms with Crippen LogP contribution in [-0.2, 0) is 0 Å². The van der Waals surface area contributed by atoms with Crippen molar-refractivity contribution in [1.29, 1.82) is 0 Å². The van der Waals surface area contributed by atoms with Crippen LogP contribution in [0, 0.1) is 12.8 Å². The van der Waals surface area contributed by atoms with Crippen molar-refractivity contribution in [2.75, 3.05) is 18.5 Å². The maximum atomic E-state index is 6.12. The van der Waals surface area contributed by atoms with Crippen molar-refractivity contribution in [1.82, 2.24) is 0 Å². The molecule has 0 aliphatic carbocycles. The van der Waals surface area contributed by atoms with E-state index < -0.39 is 0 Å². The van der Waals surface area contributed by atoms with E-state index in [2.05, 4.69) is 51.2 Å². The average Bonchev–Trinajstić information content (AvgIpc) is 2.59. The third kappa shape index (κ3) is 5.80. The summed E-state index contributed by atoms with van der Waals surface area (Å²) in [6.07, 6.45) is 1.10. The number of hydrogen-bond donors (Lipinski definition) is 1. The van der Waals surface area contributed by atoms with Gasteiger partial charge in [0.2, 0.25) is 0 Å². The molecule has 3 heteroatoms. The summed E-state index contributed by atoms with van der Waals surface area (Å²) in [6, 6.07) is 16.3. The molecule has 0 aromatic heterocycles. The fourth-order valence-electron chi connectivity index (χ4n) is 2.30. The van der Waals surface area contributed by atoms with Crippen LogP contribution in [0.15, 0.2) is 48.5 Å². The number of nitrogens with one attached hydrogen (secondary N) is 1. The molecule has 0 radical (unpaired) electrons. The average molecular weight is 327 g/mol. The molecule has 0 aliphatic heterocycles. The lowest BCUT2D eigenvalue weighted by molar-refractivity contribution is 0.208. The Kier molecular flexibility index (Phi) is 6.98. The van der Waals surface area contributed by atoms with Gasteiger partial charge in [0.25, 0.3) is 0 Å². The minimum atomic E-state index is 0.142. The van der Waals surface area contributed by atoms with E-state index in [0.29, 0.717) is 5.92 Å². The van der Waals surface area contributed by atoms with Gasteiger partial charge in [-0.2, -0.15) is 0 Å². The second-order valence-electron chi connectivity index (χ2n) is 6.52. The molecule has 2 aromatic rings. The lowest BCUT2D eigenvalue weighted by atomic mass is 10.2. The summed E-state index contributed by atoms with van der Waals surface area (Å²) in [5.41, 5.74) is 2.25. The predicted octanol–water partition coefficient (Wildman–Crippen LogP) is 5.30. The van der Waals surface area contributed by atoms with E-state index in [9.17, 15) is 0 Å². The summed E-state index contributed by atoms with van der Waals surface area (Å²) < 4.78 is 11.8. The third-order valence-corrected chi connectivity index (χ3v) is 3.81. The zero-order valence-corrected chi connectivity index (χ0v) is 15.2. The number of para-hydroxylation sites is 1. The summed E-state index contributed by atoms with van der Waals surface area (Å²) in [6.45, 7) is 10.0. The lowest BCUT2D eigenvalue weighted by Crippen LogP contribution is -2.25. The van der Waals surface area contributed by atoms with Crippen molar-refractivity contribution in [3.05, 3.63) is 54.1 Å². The Balaban J connectivity index is 1.85. The molecule has 3 nitrogen and oxygen atoms in total. The number of benzene rings is 2. The van der Waals surface area contributed by atoms with Crippen molar-refractivity contribution in [3.8, 4) is 11.5 Å². The van der Waals surface area contributed by atoms with Gasteiger partial charge in [-0.05, 0) is 55.2 Å². The zero-order valence-electron chi connectivity index (χ0n) is 15.2. The topological polar surface area (TPSA) is 30.5 Å². The van der Waals surface area contributed by atoms with Crippen LogP contribution in [0.4, 0.5) is 5.69 Å². The summed E-state index contributed by atoms with van der Waals surface area (Å²) in [7, 11) is 0. The number of rotatable bonds is 9. The number of anilines is 1. The minimum absolute atomic E-state index is 0.142. The highest BCUT2D eigenvalue weighted by molar-refractivity contribution is 5.46. The first kappa shape index (κ1) is 18.2. The van der Waals surface area contributed by atoms with Crippen LogP contribution in [0.2, 0.25) is 0 Å². The molecule has 130 valence electrons. The SMILES string of the molecule is CCC(CNc1ccc(OCC(C)C)cc1)Oc1ccccc1C. The highest BCUT2D eigenvalue weighted by Crippen LogP contribution is 2.20. The molecule has 1 atom stereocenters. The number of hydrogen-bond acceptors (Lipinski definition) is 3. The molecule has 0 spiro atoms. The lowest BCUT2D eigenvalue weighted by Gasteiger charge is -2.20. The van der Waals surface area contributed by atoms with Crippen molar-refractivity contribution < 1.29 is 9.47 Å². The van der Waals surface area contributed by atoms with E-state index in [-0.39, 0.29) is 6.10 Å². The van der Waals surface area contributed by atoms with Gasteiger partial charge in [0.05, 0.1) is 13.2 Å². The van der Waals surface area contributed by atoms with E-state index >= 15 is 0 Å². The molecular weight excluding hydrogens is 298 g/mol. The van der Waals surface area contributed by atoms with Crippen molar-refractivity contribution >= 4 is 5.69 Å². The van der Waals surface area contributed by atoms with E-state index in [1.165, 1.54) is 5.56 Å². The first-order chi connectivity index (χ1) is 11.6. The van der Waals surface area contributed by atoms with Crippen LogP contribution in [-0.4, -0.2) is 19.3 Å². The van der Waals surface area contributed by atoms with Gasteiger partial charge in [0.1, 0.15) is 17.6 Å². The van der Waals surface area contributed by atoms with E-state index in [1.807, 2.05) is 30.3 Å². The van der Waals surface area contributed by atoms with Crippen LogP contribution >= 0.6 is 0 Å². The summed E-state index contributed by atoms with van der Waals surface area (Å²) in [5.74, 6) is 2.41. The van der Waals surface area contributed by atoms with Crippen LogP contribution in [0.5, 0.6) is 11.5 Å². The van der Waals surface area contributed by atoms with Gasteiger partial charge < -0.3 is 14.8 Å². The molecule has 0 aliphatic rings. The predicted molar refractivity (Wildman–Crippen MR) is 101 cm³/mol. The molecular formula is C21H29NO2. The smallest absolute Gasteiger partial charge is 0.122 e. The third-order valence-electron chi connectivity index (χ3n) is 3.81. The number of aryl methyl sites for hydroxylation is 1. The quantitative estimate of drug-likeness (QED) is 0.678. The Hall–Kier alpha value is -2.16. The molecule has 0 heterocycles. The Morgan fingerprint density at radius 2 is 1.71 bits per heavy atom. The first-order valence-corrected chi connectivity index (χ1v) is 8.77.